The Morgan fingerprint density at radius 2 is 1.76 bits per heavy atom. The predicted octanol–water partition coefficient (Wildman–Crippen LogP) is 3.60. The van der Waals surface area contributed by atoms with Gasteiger partial charge in [0.15, 0.2) is 0 Å². The van der Waals surface area contributed by atoms with Gasteiger partial charge in [0.05, 0.1) is 4.90 Å². The number of anilines is 2. The number of halogens is 1. The van der Waals surface area contributed by atoms with Crippen LogP contribution in [0.2, 0.25) is 0 Å². The molecule has 0 unspecified atom stereocenters. The van der Waals surface area contributed by atoms with Crippen molar-refractivity contribution >= 4 is 44.0 Å². The molecular weight excluding hydrogens is 399 g/mol. The zero-order valence-electron chi connectivity index (χ0n) is 12.1. The van der Waals surface area contributed by atoms with Gasteiger partial charge in [0.2, 0.25) is 0 Å². The number of nitrogens with two attached hydrogens (primary N) is 1. The number of aryl methyl sites for hydroxylation is 1. The number of hydrogen-bond acceptors (Lipinski definition) is 3. The molecule has 0 amide bonds. The lowest BCUT2D eigenvalue weighted by Crippen LogP contribution is -2.17. The van der Waals surface area contributed by atoms with Crippen molar-refractivity contribution in [3.8, 4) is 0 Å². The van der Waals surface area contributed by atoms with Crippen molar-refractivity contribution in [2.45, 2.75) is 25.7 Å². The Hall–Kier alpha value is -1.28. The highest BCUT2D eigenvalue weighted by Gasteiger charge is 2.22. The standard InChI is InChI=1S/C15H17IN2O2S/c1-9-7-14(17)11(3)15(10(9)2)21(19,20)18-13-6-4-5-12(16)8-13/h4-8,18H,17H2,1-3H3. The van der Waals surface area contributed by atoms with Gasteiger partial charge in [-0.15, -0.1) is 0 Å². The van der Waals surface area contributed by atoms with Crippen LogP contribution in [0.25, 0.3) is 0 Å². The SMILES string of the molecule is Cc1cc(N)c(C)c(S(=O)(=O)Nc2cccc(I)c2)c1C. The number of benzene rings is 2. The Labute approximate surface area is 138 Å². The molecule has 2 rings (SSSR count). The fourth-order valence-corrected chi connectivity index (χ4v) is 4.37. The molecular formula is C15H17IN2O2S. The van der Waals surface area contributed by atoms with E-state index in [-0.39, 0.29) is 4.90 Å². The third kappa shape index (κ3) is 3.32. The van der Waals surface area contributed by atoms with Crippen molar-refractivity contribution in [2.24, 2.45) is 0 Å². The fraction of sp³-hybridized carbons (Fsp3) is 0.200. The van der Waals surface area contributed by atoms with E-state index in [0.29, 0.717) is 16.9 Å². The van der Waals surface area contributed by atoms with E-state index in [2.05, 4.69) is 27.3 Å². The Morgan fingerprint density at radius 3 is 2.38 bits per heavy atom. The van der Waals surface area contributed by atoms with E-state index >= 15 is 0 Å². The lowest BCUT2D eigenvalue weighted by Gasteiger charge is -2.16. The van der Waals surface area contributed by atoms with Gasteiger partial charge in [0.25, 0.3) is 10.0 Å². The van der Waals surface area contributed by atoms with Crippen LogP contribution in [0.3, 0.4) is 0 Å². The van der Waals surface area contributed by atoms with E-state index in [4.69, 9.17) is 5.73 Å². The molecule has 0 aromatic heterocycles. The normalized spacial score (nSPS) is 11.4. The van der Waals surface area contributed by atoms with Crippen molar-refractivity contribution in [2.75, 3.05) is 10.5 Å². The quantitative estimate of drug-likeness (QED) is 0.593. The molecule has 2 aromatic carbocycles. The second-order valence-electron chi connectivity index (χ2n) is 4.98. The molecule has 21 heavy (non-hydrogen) atoms. The summed E-state index contributed by atoms with van der Waals surface area (Å²) in [5, 5.41) is 0. The molecule has 3 N–H and O–H groups in total. The summed E-state index contributed by atoms with van der Waals surface area (Å²) in [4.78, 5) is 0.263. The average molecular weight is 416 g/mol. The third-order valence-electron chi connectivity index (χ3n) is 3.42. The van der Waals surface area contributed by atoms with Crippen LogP contribution in [-0.4, -0.2) is 8.42 Å². The number of nitrogen functional groups attached to an aromatic ring is 1. The zero-order valence-corrected chi connectivity index (χ0v) is 15.0. The van der Waals surface area contributed by atoms with Crippen LogP contribution >= 0.6 is 22.6 Å². The summed E-state index contributed by atoms with van der Waals surface area (Å²) in [5.41, 5.74) is 9.10. The molecule has 0 atom stereocenters. The van der Waals surface area contributed by atoms with Crippen molar-refractivity contribution in [3.63, 3.8) is 0 Å². The Morgan fingerprint density at radius 1 is 1.10 bits per heavy atom. The van der Waals surface area contributed by atoms with E-state index in [1.807, 2.05) is 19.1 Å². The van der Waals surface area contributed by atoms with Crippen LogP contribution in [0.1, 0.15) is 16.7 Å². The Balaban J connectivity index is 2.55. The second kappa shape index (κ2) is 5.84. The van der Waals surface area contributed by atoms with Gasteiger partial charge in [-0.25, -0.2) is 8.42 Å². The largest absolute Gasteiger partial charge is 0.398 e. The maximum absolute atomic E-state index is 12.7. The first-order valence-electron chi connectivity index (χ1n) is 6.37. The molecule has 2 aromatic rings. The minimum Gasteiger partial charge on any atom is -0.398 e. The Bertz CT molecular complexity index is 775. The summed E-state index contributed by atoms with van der Waals surface area (Å²) in [6, 6.07) is 9.02. The molecule has 0 aliphatic heterocycles. The topological polar surface area (TPSA) is 72.2 Å². The van der Waals surface area contributed by atoms with Crippen molar-refractivity contribution in [3.05, 3.63) is 50.6 Å². The van der Waals surface area contributed by atoms with Gasteiger partial charge >= 0.3 is 0 Å². The maximum atomic E-state index is 12.7. The van der Waals surface area contributed by atoms with Crippen LogP contribution in [0, 0.1) is 24.3 Å². The lowest BCUT2D eigenvalue weighted by molar-refractivity contribution is 0.600. The summed E-state index contributed by atoms with van der Waals surface area (Å²) >= 11 is 2.14. The molecule has 0 aliphatic rings. The van der Waals surface area contributed by atoms with Crippen LogP contribution in [-0.2, 0) is 10.0 Å². The highest BCUT2D eigenvalue weighted by Crippen LogP contribution is 2.29. The summed E-state index contributed by atoms with van der Waals surface area (Å²) in [6.07, 6.45) is 0. The van der Waals surface area contributed by atoms with Crippen LogP contribution in [0.5, 0.6) is 0 Å². The lowest BCUT2D eigenvalue weighted by atomic mass is 10.1. The first-order chi connectivity index (χ1) is 9.72. The summed E-state index contributed by atoms with van der Waals surface area (Å²) < 4.78 is 29.0. The van der Waals surface area contributed by atoms with Gasteiger partial charge in [-0.1, -0.05) is 6.07 Å². The molecule has 4 nitrogen and oxygen atoms in total. The van der Waals surface area contributed by atoms with Crippen LogP contribution in [0.15, 0.2) is 35.2 Å². The molecule has 112 valence electrons. The Kier molecular flexibility index (Phi) is 4.48. The van der Waals surface area contributed by atoms with Gasteiger partial charge in [0, 0.05) is 14.9 Å². The number of rotatable bonds is 3. The molecule has 0 radical (unpaired) electrons. The second-order valence-corrected chi connectivity index (χ2v) is 7.84. The molecule has 0 aliphatic carbocycles. The van der Waals surface area contributed by atoms with Gasteiger partial charge in [-0.3, -0.25) is 4.72 Å². The number of nitrogens with one attached hydrogen (secondary N) is 1. The summed E-state index contributed by atoms with van der Waals surface area (Å²) in [6.45, 7) is 5.38. The average Bonchev–Trinajstić information content (AvgIpc) is 2.35. The molecule has 0 saturated carbocycles. The molecule has 0 fully saturated rings. The highest BCUT2D eigenvalue weighted by molar-refractivity contribution is 14.1. The van der Waals surface area contributed by atoms with E-state index in [0.717, 1.165) is 14.7 Å². The number of sulfonamides is 1. The highest BCUT2D eigenvalue weighted by atomic mass is 127. The first-order valence-corrected chi connectivity index (χ1v) is 8.93. The fourth-order valence-electron chi connectivity index (χ4n) is 2.20. The minimum atomic E-state index is -3.67. The smallest absolute Gasteiger partial charge is 0.262 e. The van der Waals surface area contributed by atoms with E-state index in [1.165, 1.54) is 0 Å². The van der Waals surface area contributed by atoms with Gasteiger partial charge in [0.1, 0.15) is 0 Å². The monoisotopic (exact) mass is 416 g/mol. The van der Waals surface area contributed by atoms with E-state index in [9.17, 15) is 8.42 Å². The van der Waals surface area contributed by atoms with E-state index in [1.54, 1.807) is 32.0 Å². The van der Waals surface area contributed by atoms with Crippen molar-refractivity contribution in [1.29, 1.82) is 0 Å². The van der Waals surface area contributed by atoms with Crippen molar-refractivity contribution in [1.82, 2.24) is 0 Å². The minimum absolute atomic E-state index is 0.263. The molecule has 6 heteroatoms. The maximum Gasteiger partial charge on any atom is 0.262 e. The first kappa shape index (κ1) is 16.1. The zero-order chi connectivity index (χ0) is 15.8. The van der Waals surface area contributed by atoms with Crippen LogP contribution in [0.4, 0.5) is 11.4 Å². The van der Waals surface area contributed by atoms with Gasteiger partial charge in [-0.2, -0.15) is 0 Å². The molecule has 0 saturated heterocycles. The van der Waals surface area contributed by atoms with Crippen molar-refractivity contribution < 1.29 is 8.42 Å². The third-order valence-corrected chi connectivity index (χ3v) is 5.75. The van der Waals surface area contributed by atoms with Crippen LogP contribution < -0.4 is 10.5 Å². The van der Waals surface area contributed by atoms with E-state index < -0.39 is 10.0 Å². The number of hydrogen-bond donors (Lipinski definition) is 2. The molecule has 0 spiro atoms. The molecule has 0 bridgehead atoms. The summed E-state index contributed by atoms with van der Waals surface area (Å²) in [7, 11) is -3.67. The summed E-state index contributed by atoms with van der Waals surface area (Å²) in [5.74, 6) is 0. The van der Waals surface area contributed by atoms with Gasteiger partial charge < -0.3 is 5.73 Å². The molecule has 0 heterocycles. The van der Waals surface area contributed by atoms with Gasteiger partial charge in [-0.05, 0) is 84.3 Å². The predicted molar refractivity (Wildman–Crippen MR) is 95.0 cm³/mol.